The van der Waals surface area contributed by atoms with Gasteiger partial charge in [-0.2, -0.15) is 0 Å². The molecule has 6 atom stereocenters. The van der Waals surface area contributed by atoms with Crippen molar-refractivity contribution in [2.24, 2.45) is 35.5 Å². The largest absolute Gasteiger partial charge is 0.481 e. The molecule has 0 heterocycles. The Balaban J connectivity index is 1.66. The minimum atomic E-state index is -0.836. The number of anilines is 1. The maximum Gasteiger partial charge on any atom is 0.307 e. The molecule has 5 heteroatoms. The number of nitrogens with one attached hydrogen (secondary N) is 1. The first-order valence-corrected chi connectivity index (χ1v) is 10.3. The Labute approximate surface area is 162 Å². The summed E-state index contributed by atoms with van der Waals surface area (Å²) in [4.78, 5) is 25.2. The van der Waals surface area contributed by atoms with E-state index in [1.807, 2.05) is 12.1 Å². The lowest BCUT2D eigenvalue weighted by atomic mass is 9.62. The van der Waals surface area contributed by atoms with Gasteiger partial charge >= 0.3 is 5.97 Å². The molecule has 0 unspecified atom stereocenters. The van der Waals surface area contributed by atoms with Crippen LogP contribution in [-0.2, 0) is 22.4 Å². The summed E-state index contributed by atoms with van der Waals surface area (Å²) in [5.74, 6) is -0.983. The van der Waals surface area contributed by atoms with E-state index < -0.39 is 17.8 Å². The predicted molar refractivity (Wildman–Crippen MR) is 104 cm³/mol. The van der Waals surface area contributed by atoms with E-state index in [1.165, 1.54) is 0 Å². The van der Waals surface area contributed by atoms with E-state index in [9.17, 15) is 14.7 Å². The molecule has 2 N–H and O–H groups in total. The number of carbonyl (C=O) groups excluding carboxylic acids is 1. The molecule has 5 rings (SSSR count). The first kappa shape index (κ1) is 17.8. The first-order valence-electron chi connectivity index (χ1n) is 9.49. The van der Waals surface area contributed by atoms with Crippen molar-refractivity contribution < 1.29 is 14.7 Å². The van der Waals surface area contributed by atoms with Crippen LogP contribution < -0.4 is 5.32 Å². The van der Waals surface area contributed by atoms with E-state index in [-0.39, 0.29) is 17.7 Å². The highest BCUT2D eigenvalue weighted by molar-refractivity contribution is 9.10. The molecule has 2 fully saturated rings. The van der Waals surface area contributed by atoms with Crippen LogP contribution in [0.3, 0.4) is 0 Å². The van der Waals surface area contributed by atoms with E-state index in [4.69, 9.17) is 0 Å². The van der Waals surface area contributed by atoms with Crippen molar-refractivity contribution in [3.63, 3.8) is 0 Å². The lowest BCUT2D eigenvalue weighted by Crippen LogP contribution is -2.48. The molecule has 1 amide bonds. The summed E-state index contributed by atoms with van der Waals surface area (Å²) in [7, 11) is 0. The molecule has 1 aromatic carbocycles. The number of hydrogen-bond donors (Lipinski definition) is 2. The minimum absolute atomic E-state index is 0.0134. The second-order valence-electron chi connectivity index (χ2n) is 7.79. The van der Waals surface area contributed by atoms with E-state index in [0.717, 1.165) is 40.5 Å². The fourth-order valence-electron chi connectivity index (χ4n) is 5.22. The minimum Gasteiger partial charge on any atom is -0.481 e. The number of aliphatic carboxylic acids is 1. The topological polar surface area (TPSA) is 66.4 Å². The monoisotopic (exact) mass is 417 g/mol. The van der Waals surface area contributed by atoms with E-state index in [1.54, 1.807) is 0 Å². The molecule has 26 heavy (non-hydrogen) atoms. The molecule has 4 aliphatic rings. The summed E-state index contributed by atoms with van der Waals surface area (Å²) in [5, 5.41) is 12.9. The molecule has 0 spiro atoms. The second kappa shape index (κ2) is 6.52. The Kier molecular flexibility index (Phi) is 4.46. The van der Waals surface area contributed by atoms with Gasteiger partial charge in [0, 0.05) is 10.2 Å². The zero-order valence-corrected chi connectivity index (χ0v) is 16.6. The normalized spacial score (nSPS) is 33.7. The molecular weight excluding hydrogens is 394 g/mol. The summed E-state index contributed by atoms with van der Waals surface area (Å²) in [6.45, 7) is 4.13. The lowest BCUT2D eigenvalue weighted by molar-refractivity contribution is -0.152. The highest BCUT2D eigenvalue weighted by Crippen LogP contribution is 2.63. The fraction of sp³-hybridized carbons (Fsp3) is 0.524. The number of amides is 1. The number of halogens is 1. The van der Waals surface area contributed by atoms with Gasteiger partial charge in [-0.15, -0.1) is 0 Å². The molecule has 2 saturated carbocycles. The Hall–Kier alpha value is -1.62. The number of carboxylic acids is 1. The standard InChI is InChI=1S/C21H24BrNO3/c1-3-10-7-12(22)8-11(4-2)19(10)23-20(24)17-13-5-6-14(16-9-15(13)16)18(17)21(25)26/h5-8,13-18H,3-4,9H2,1-2H3,(H,23,24)(H,25,26)/t13-,14-,15-,16-,17+,18-/m0/s1. The van der Waals surface area contributed by atoms with Crippen LogP contribution in [0.5, 0.6) is 0 Å². The van der Waals surface area contributed by atoms with Gasteiger partial charge < -0.3 is 10.4 Å². The van der Waals surface area contributed by atoms with E-state index >= 15 is 0 Å². The number of fused-ring (bicyclic) bond motifs is 1. The molecule has 0 saturated heterocycles. The summed E-state index contributed by atoms with van der Waals surface area (Å²) < 4.78 is 1.01. The lowest BCUT2D eigenvalue weighted by Gasteiger charge is -2.41. The molecule has 138 valence electrons. The van der Waals surface area contributed by atoms with E-state index in [2.05, 4.69) is 47.2 Å². The van der Waals surface area contributed by atoms with E-state index in [0.29, 0.717) is 11.8 Å². The van der Waals surface area contributed by atoms with Crippen LogP contribution in [0.2, 0.25) is 0 Å². The molecule has 4 nitrogen and oxygen atoms in total. The van der Waals surface area contributed by atoms with Crippen molar-refractivity contribution >= 4 is 33.5 Å². The number of aryl methyl sites for hydroxylation is 2. The van der Waals surface area contributed by atoms with Gasteiger partial charge in [-0.3, -0.25) is 9.59 Å². The third-order valence-corrected chi connectivity index (χ3v) is 6.97. The van der Waals surface area contributed by atoms with Crippen molar-refractivity contribution in [1.29, 1.82) is 0 Å². The van der Waals surface area contributed by atoms with Crippen molar-refractivity contribution in [2.45, 2.75) is 33.1 Å². The molecule has 0 aromatic heterocycles. The Morgan fingerprint density at radius 1 is 1.08 bits per heavy atom. The van der Waals surface area contributed by atoms with Crippen LogP contribution in [0.15, 0.2) is 28.8 Å². The van der Waals surface area contributed by atoms with Gasteiger partial charge in [-0.1, -0.05) is 41.9 Å². The predicted octanol–water partition coefficient (Wildman–Crippen LogP) is 4.28. The molecule has 0 radical (unpaired) electrons. The van der Waals surface area contributed by atoms with Crippen molar-refractivity contribution in [3.05, 3.63) is 39.9 Å². The highest BCUT2D eigenvalue weighted by atomic mass is 79.9. The SMILES string of the molecule is CCc1cc(Br)cc(CC)c1NC(=O)[C@@H]1[C@H]2C=C[C@@H]([C@@H]3C[C@@H]23)[C@@H]1C(=O)O. The summed E-state index contributed by atoms with van der Waals surface area (Å²) in [5.41, 5.74) is 3.03. The van der Waals surface area contributed by atoms with Crippen molar-refractivity contribution in [2.75, 3.05) is 5.32 Å². The quantitative estimate of drug-likeness (QED) is 0.702. The number of allylic oxidation sites excluding steroid dienone is 2. The smallest absolute Gasteiger partial charge is 0.307 e. The molecule has 4 aliphatic carbocycles. The van der Waals surface area contributed by atoms with Gasteiger partial charge in [0.25, 0.3) is 0 Å². The summed E-state index contributed by atoms with van der Waals surface area (Å²) in [6, 6.07) is 4.07. The van der Waals surface area contributed by atoms with Gasteiger partial charge in [0.05, 0.1) is 11.8 Å². The van der Waals surface area contributed by atoms with Crippen LogP contribution in [0, 0.1) is 35.5 Å². The zero-order valence-electron chi connectivity index (χ0n) is 15.0. The third kappa shape index (κ3) is 2.72. The highest BCUT2D eigenvalue weighted by Gasteiger charge is 2.63. The summed E-state index contributed by atoms with van der Waals surface area (Å²) >= 11 is 3.54. The second-order valence-corrected chi connectivity index (χ2v) is 8.70. The number of carbonyl (C=O) groups is 2. The van der Waals surface area contributed by atoms with Gasteiger partial charge in [-0.25, -0.2) is 0 Å². The Morgan fingerprint density at radius 2 is 1.62 bits per heavy atom. The molecule has 0 aliphatic heterocycles. The van der Waals surface area contributed by atoms with Gasteiger partial charge in [0.2, 0.25) is 5.91 Å². The van der Waals surface area contributed by atoms with Crippen molar-refractivity contribution in [3.8, 4) is 0 Å². The third-order valence-electron chi connectivity index (χ3n) is 6.52. The molecular formula is C21H24BrNO3. The number of hydrogen-bond acceptors (Lipinski definition) is 2. The van der Waals surface area contributed by atoms with Crippen molar-refractivity contribution in [1.82, 2.24) is 0 Å². The Morgan fingerprint density at radius 3 is 2.12 bits per heavy atom. The average molecular weight is 418 g/mol. The maximum absolute atomic E-state index is 13.2. The maximum atomic E-state index is 13.2. The summed E-state index contributed by atoms with van der Waals surface area (Å²) in [6.07, 6.45) is 6.84. The first-order chi connectivity index (χ1) is 12.5. The number of carboxylic acid groups (broad SMARTS) is 1. The fourth-order valence-corrected chi connectivity index (χ4v) is 5.77. The average Bonchev–Trinajstić information content (AvgIpc) is 3.44. The van der Waals surface area contributed by atoms with Crippen LogP contribution >= 0.6 is 15.9 Å². The van der Waals surface area contributed by atoms with Crippen LogP contribution in [0.25, 0.3) is 0 Å². The van der Waals surface area contributed by atoms with Crippen LogP contribution in [-0.4, -0.2) is 17.0 Å². The number of benzene rings is 1. The van der Waals surface area contributed by atoms with Crippen LogP contribution in [0.4, 0.5) is 5.69 Å². The Bertz CT molecular complexity index is 777. The van der Waals surface area contributed by atoms with Gasteiger partial charge in [-0.05, 0) is 66.2 Å². The van der Waals surface area contributed by atoms with Crippen LogP contribution in [0.1, 0.15) is 31.4 Å². The molecule has 2 bridgehead atoms. The zero-order chi connectivity index (χ0) is 18.6. The van der Waals surface area contributed by atoms with Gasteiger partial charge in [0.15, 0.2) is 0 Å². The number of rotatable bonds is 5. The molecule has 1 aromatic rings. The van der Waals surface area contributed by atoms with Gasteiger partial charge in [0.1, 0.15) is 0 Å².